The van der Waals surface area contributed by atoms with Crippen LogP contribution in [-0.4, -0.2) is 168 Å². The van der Waals surface area contributed by atoms with Gasteiger partial charge < -0.3 is 39.4 Å². The Bertz CT molecular complexity index is 1560. The Morgan fingerprint density at radius 3 is 1.17 bits per heavy atom. The molecule has 0 aliphatic carbocycles. The van der Waals surface area contributed by atoms with Crippen LogP contribution in [0.25, 0.3) is 0 Å². The van der Waals surface area contributed by atoms with Crippen LogP contribution in [0.5, 0.6) is 0 Å². The second kappa shape index (κ2) is 57.4. The zero-order valence-electron chi connectivity index (χ0n) is 49.3. The highest BCUT2D eigenvalue weighted by Gasteiger charge is 2.14. The summed E-state index contributed by atoms with van der Waals surface area (Å²) in [6, 6.07) is 11.8. The molecule has 9 heterocycles. The van der Waals surface area contributed by atoms with Gasteiger partial charge in [0.1, 0.15) is 0 Å². The summed E-state index contributed by atoms with van der Waals surface area (Å²) in [6.07, 6.45) is 32.4. The molecule has 9 rings (SSSR count). The molecule has 2 saturated heterocycles. The molecule has 0 spiro atoms. The molecule has 0 aromatic carbocycles. The Morgan fingerprint density at radius 2 is 0.951 bits per heavy atom. The maximum atomic E-state index is 4.09. The molecule has 6 aliphatic heterocycles. The molecule has 6 aliphatic rings. The summed E-state index contributed by atoms with van der Waals surface area (Å²) in [5, 5.41) is 10.4. The number of hydrogen-bond acceptors (Lipinski definition) is 11. The third-order valence-corrected chi connectivity index (χ3v) is 12.7. The highest BCUT2D eigenvalue weighted by Crippen LogP contribution is 2.11. The standard InChI is InChI=1S/C7H15N.2C7H13N.C7H11N.C6H14N2.2C6H12N2.2C6H10N2.9CH4/c4*1-7(2)8-5-3-4-6-8;4*1-6(2)8-4-3-7-5-8;1-6(2)8-5-3-4-7-8;;;;;;;;;/h7H,3-6H2,1-2H3;3,5,7H,4,6H2,1-2H3;3-4,7H,5-6H2,1-2H3;3-7H,1-2H3;6-7H,3-5H2,1-2H3;5-6H,3-4H2,1-2H3;3-4,6-7H,5H2,1-2H3;2*3-6H,1-2H3;9*1H4. The molecule has 2 fully saturated rings. The van der Waals surface area contributed by atoms with Gasteiger partial charge in [-0.25, -0.2) is 4.98 Å². The molecule has 0 unspecified atom stereocenters. The molecule has 0 bridgehead atoms. The van der Waals surface area contributed by atoms with E-state index < -0.39 is 0 Å². The normalized spacial score (nSPS) is 15.1. The molecule has 484 valence electrons. The van der Waals surface area contributed by atoms with E-state index >= 15 is 0 Å². The Labute approximate surface area is 509 Å². The number of nitrogens with zero attached hydrogens (tertiary/aromatic N) is 12. The van der Waals surface area contributed by atoms with E-state index in [4.69, 9.17) is 0 Å². The lowest BCUT2D eigenvalue weighted by Gasteiger charge is -2.19. The van der Waals surface area contributed by atoms with Crippen LogP contribution >= 0.6 is 0 Å². The third kappa shape index (κ3) is 45.8. The van der Waals surface area contributed by atoms with E-state index in [-0.39, 0.29) is 66.8 Å². The Morgan fingerprint density at radius 1 is 0.420 bits per heavy atom. The molecular weight excluding hydrogens is 1000 g/mol. The van der Waals surface area contributed by atoms with Gasteiger partial charge in [0.25, 0.3) is 0 Å². The van der Waals surface area contributed by atoms with Crippen molar-refractivity contribution in [3.63, 3.8) is 0 Å². The fourth-order valence-corrected chi connectivity index (χ4v) is 7.43. The van der Waals surface area contributed by atoms with E-state index in [1.54, 1.807) is 12.4 Å². The maximum absolute atomic E-state index is 4.09. The van der Waals surface area contributed by atoms with Crippen molar-refractivity contribution in [2.24, 2.45) is 4.99 Å². The first-order valence-corrected chi connectivity index (χ1v) is 27.8. The minimum Gasteiger partial charge on any atom is -0.375 e. The molecule has 14 nitrogen and oxygen atoms in total. The lowest BCUT2D eigenvalue weighted by Crippen LogP contribution is -2.29. The zero-order chi connectivity index (χ0) is 53.8. The van der Waals surface area contributed by atoms with E-state index in [0.717, 1.165) is 52.1 Å². The highest BCUT2D eigenvalue weighted by atomic mass is 15.3. The summed E-state index contributed by atoms with van der Waals surface area (Å²) >= 11 is 0. The van der Waals surface area contributed by atoms with Crippen LogP contribution in [-0.2, 0) is 0 Å². The number of hydrogen-bond donors (Lipinski definition) is 2. The smallest absolute Gasteiger partial charge is 0.0948 e. The molecule has 81 heavy (non-hydrogen) atoms. The van der Waals surface area contributed by atoms with Crippen molar-refractivity contribution >= 4 is 6.34 Å². The van der Waals surface area contributed by atoms with Crippen molar-refractivity contribution in [2.75, 3.05) is 72.2 Å². The predicted octanol–water partition coefficient (Wildman–Crippen LogP) is 16.8. The van der Waals surface area contributed by atoms with Crippen molar-refractivity contribution in [3.8, 4) is 0 Å². The van der Waals surface area contributed by atoms with Crippen molar-refractivity contribution in [1.29, 1.82) is 0 Å². The largest absolute Gasteiger partial charge is 0.375 e. The summed E-state index contributed by atoms with van der Waals surface area (Å²) in [7, 11) is 0. The summed E-state index contributed by atoms with van der Waals surface area (Å²) in [6.45, 7) is 52.1. The van der Waals surface area contributed by atoms with Crippen molar-refractivity contribution in [1.82, 2.24) is 63.9 Å². The first kappa shape index (κ1) is 95.8. The number of imidazole rings is 1. The lowest BCUT2D eigenvalue weighted by atomic mass is 10.3. The quantitative estimate of drug-likeness (QED) is 0.202. The van der Waals surface area contributed by atoms with Gasteiger partial charge in [0.2, 0.25) is 0 Å². The van der Waals surface area contributed by atoms with Gasteiger partial charge >= 0.3 is 0 Å². The SMILES string of the molecule is C.C.C.C.C.C.C.C.C.CC(C)N1C=CCC1.CC(C)N1C=CNC1.CC(C)N1C=NCC1.CC(C)N1CC=CC1.CC(C)N1CCCC1.CC(C)N1CCNC1.CC(C)n1cccc1.CC(C)n1cccn1.CC(C)n1ccnc1. The second-order valence-corrected chi connectivity index (χ2v) is 21.5. The molecule has 3 aromatic heterocycles. The number of nitrogens with one attached hydrogen (secondary N) is 2. The number of likely N-dealkylation sites (tertiary alicyclic amines) is 1. The van der Waals surface area contributed by atoms with Crippen molar-refractivity contribution < 1.29 is 0 Å². The van der Waals surface area contributed by atoms with Crippen LogP contribution in [0.15, 0.2) is 104 Å². The fraction of sp³-hybridized carbons (Fsp3) is 0.746. The van der Waals surface area contributed by atoms with Gasteiger partial charge in [0.05, 0.1) is 25.9 Å². The Hall–Kier alpha value is -4.37. The highest BCUT2D eigenvalue weighted by molar-refractivity contribution is 5.57. The fourth-order valence-electron chi connectivity index (χ4n) is 7.43. The average Bonchev–Trinajstić information content (AvgIpc) is 4.22. The van der Waals surface area contributed by atoms with E-state index in [0.29, 0.717) is 48.3 Å². The first-order chi connectivity index (χ1) is 34.2. The van der Waals surface area contributed by atoms with Gasteiger partial charge in [0.15, 0.2) is 0 Å². The Kier molecular flexibility index (Phi) is 68.0. The summed E-state index contributed by atoms with van der Waals surface area (Å²) in [5.74, 6) is 0. The van der Waals surface area contributed by atoms with Crippen LogP contribution in [0.3, 0.4) is 0 Å². The number of aromatic nitrogens is 5. The maximum Gasteiger partial charge on any atom is 0.0948 e. The van der Waals surface area contributed by atoms with E-state index in [1.807, 2.05) is 54.1 Å². The molecule has 2 N–H and O–H groups in total. The number of rotatable bonds is 9. The molecule has 0 radical (unpaired) electrons. The van der Waals surface area contributed by atoms with Gasteiger partial charge in [-0.2, -0.15) is 5.10 Å². The summed E-state index contributed by atoms with van der Waals surface area (Å²) in [4.78, 5) is 22.2. The van der Waals surface area contributed by atoms with Gasteiger partial charge in [-0.05, 0) is 181 Å². The molecule has 0 atom stereocenters. The summed E-state index contributed by atoms with van der Waals surface area (Å²) in [5.41, 5.74) is 0. The monoisotopic (exact) mass is 1150 g/mol. The van der Waals surface area contributed by atoms with E-state index in [1.165, 1.54) is 45.4 Å². The van der Waals surface area contributed by atoms with Gasteiger partial charge in [-0.3, -0.25) is 19.5 Å². The topological polar surface area (TPSA) is 96.4 Å². The molecular formula is C67H146N14. The van der Waals surface area contributed by atoms with E-state index in [2.05, 4.69) is 232 Å². The van der Waals surface area contributed by atoms with Crippen LogP contribution in [0.4, 0.5) is 0 Å². The van der Waals surface area contributed by atoms with E-state index in [9.17, 15) is 0 Å². The number of aliphatic imine (C=N–C) groups is 1. The molecule has 14 heteroatoms. The average molecular weight is 1150 g/mol. The van der Waals surface area contributed by atoms with Gasteiger partial charge in [0, 0.05) is 150 Å². The second-order valence-electron chi connectivity index (χ2n) is 21.5. The van der Waals surface area contributed by atoms with Crippen LogP contribution in [0.1, 0.15) is 229 Å². The first-order valence-electron chi connectivity index (χ1n) is 27.8. The van der Waals surface area contributed by atoms with Crippen LogP contribution < -0.4 is 10.6 Å². The molecule has 0 saturated carbocycles. The lowest BCUT2D eigenvalue weighted by molar-refractivity contribution is 0.273. The minimum absolute atomic E-state index is 0. The molecule has 0 amide bonds. The van der Waals surface area contributed by atoms with Crippen LogP contribution in [0, 0.1) is 0 Å². The van der Waals surface area contributed by atoms with Gasteiger partial charge in [-0.1, -0.05) is 85.1 Å². The zero-order valence-corrected chi connectivity index (χ0v) is 49.3. The summed E-state index contributed by atoms with van der Waals surface area (Å²) < 4.78 is 6.14. The van der Waals surface area contributed by atoms with Gasteiger partial charge in [-0.15, -0.1) is 0 Å². The van der Waals surface area contributed by atoms with Crippen LogP contribution in [0.2, 0.25) is 0 Å². The minimum atomic E-state index is 0. The predicted molar refractivity (Wildman–Crippen MR) is 372 cm³/mol. The Balaban J connectivity index is -0.000000101. The third-order valence-electron chi connectivity index (χ3n) is 12.7. The van der Waals surface area contributed by atoms with Crippen molar-refractivity contribution in [2.45, 2.75) is 265 Å². The van der Waals surface area contributed by atoms with Crippen molar-refractivity contribution in [3.05, 3.63) is 98.5 Å². The molecule has 3 aromatic rings.